The summed E-state index contributed by atoms with van der Waals surface area (Å²) in [6.45, 7) is 0. The maximum atomic E-state index is 11.3. The van der Waals surface area contributed by atoms with Crippen LogP contribution in [0.5, 0.6) is 5.75 Å². The van der Waals surface area contributed by atoms with Crippen molar-refractivity contribution < 1.29 is 9.90 Å². The number of aromatic hydroxyl groups is 1. The molecule has 0 bridgehead atoms. The number of Topliss-reactive ketones (excluding diaryl/α,β-unsaturated/α-hetero) is 1. The zero-order valence-corrected chi connectivity index (χ0v) is 7.42. The standard InChI is InChI=1S/C11H12O2/c12-9-4-2-5-10-8(7-9)3-1-6-11(10)13/h1,3,6,13H,2,4-5,7H2. The summed E-state index contributed by atoms with van der Waals surface area (Å²) in [6.07, 6.45) is 2.83. The van der Waals surface area contributed by atoms with Gasteiger partial charge in [0.25, 0.3) is 0 Å². The predicted molar refractivity (Wildman–Crippen MR) is 49.8 cm³/mol. The smallest absolute Gasteiger partial charge is 0.137 e. The van der Waals surface area contributed by atoms with Gasteiger partial charge >= 0.3 is 0 Å². The number of carbonyl (C=O) groups excluding carboxylic acids is 1. The maximum Gasteiger partial charge on any atom is 0.137 e. The maximum absolute atomic E-state index is 11.3. The molecule has 2 nitrogen and oxygen atoms in total. The van der Waals surface area contributed by atoms with Crippen molar-refractivity contribution in [3.63, 3.8) is 0 Å². The Bertz CT molecular complexity index is 342. The van der Waals surface area contributed by atoms with Crippen LogP contribution in [-0.2, 0) is 17.6 Å². The van der Waals surface area contributed by atoms with E-state index in [4.69, 9.17) is 0 Å². The predicted octanol–water partition coefficient (Wildman–Crippen LogP) is 1.84. The van der Waals surface area contributed by atoms with Gasteiger partial charge in [0, 0.05) is 12.8 Å². The molecule has 0 spiro atoms. The molecule has 0 radical (unpaired) electrons. The molecule has 0 saturated carbocycles. The second kappa shape index (κ2) is 3.21. The Labute approximate surface area is 77.2 Å². The van der Waals surface area contributed by atoms with E-state index in [9.17, 15) is 9.90 Å². The quantitative estimate of drug-likeness (QED) is 0.612. The fraction of sp³-hybridized carbons (Fsp3) is 0.364. The number of fused-ring (bicyclic) bond motifs is 1. The summed E-state index contributed by atoms with van der Waals surface area (Å²) in [5, 5.41) is 9.56. The Morgan fingerprint density at radius 1 is 1.23 bits per heavy atom. The highest BCUT2D eigenvalue weighted by atomic mass is 16.3. The van der Waals surface area contributed by atoms with Crippen molar-refractivity contribution in [2.24, 2.45) is 0 Å². The number of hydrogen-bond acceptors (Lipinski definition) is 2. The first kappa shape index (κ1) is 8.30. The van der Waals surface area contributed by atoms with Crippen LogP contribution in [0.4, 0.5) is 0 Å². The monoisotopic (exact) mass is 176 g/mol. The molecule has 0 amide bonds. The van der Waals surface area contributed by atoms with Gasteiger partial charge in [-0.15, -0.1) is 0 Å². The highest BCUT2D eigenvalue weighted by Crippen LogP contribution is 2.26. The lowest BCUT2D eigenvalue weighted by molar-refractivity contribution is -0.118. The molecule has 1 aromatic carbocycles. The summed E-state index contributed by atoms with van der Waals surface area (Å²) < 4.78 is 0. The zero-order valence-electron chi connectivity index (χ0n) is 7.42. The van der Waals surface area contributed by atoms with Gasteiger partial charge in [0.15, 0.2) is 0 Å². The second-order valence-electron chi connectivity index (χ2n) is 3.48. The summed E-state index contributed by atoms with van der Waals surface area (Å²) >= 11 is 0. The van der Waals surface area contributed by atoms with E-state index in [-0.39, 0.29) is 5.78 Å². The van der Waals surface area contributed by atoms with Crippen molar-refractivity contribution in [2.75, 3.05) is 0 Å². The summed E-state index contributed by atoms with van der Waals surface area (Å²) in [6, 6.07) is 5.42. The molecule has 0 heterocycles. The molecule has 1 N–H and O–H groups in total. The molecule has 0 atom stereocenters. The van der Waals surface area contributed by atoms with Gasteiger partial charge in [0.2, 0.25) is 0 Å². The Morgan fingerprint density at radius 3 is 2.92 bits per heavy atom. The molecule has 13 heavy (non-hydrogen) atoms. The fourth-order valence-electron chi connectivity index (χ4n) is 1.84. The van der Waals surface area contributed by atoms with E-state index >= 15 is 0 Å². The van der Waals surface area contributed by atoms with Crippen LogP contribution in [-0.4, -0.2) is 10.9 Å². The van der Waals surface area contributed by atoms with Gasteiger partial charge in [-0.3, -0.25) is 4.79 Å². The van der Waals surface area contributed by atoms with Gasteiger partial charge in [-0.2, -0.15) is 0 Å². The van der Waals surface area contributed by atoms with Gasteiger partial charge in [-0.25, -0.2) is 0 Å². The summed E-state index contributed by atoms with van der Waals surface area (Å²) in [7, 11) is 0. The molecule has 2 heteroatoms. The molecule has 0 aromatic heterocycles. The second-order valence-corrected chi connectivity index (χ2v) is 3.48. The minimum absolute atomic E-state index is 0.282. The first-order valence-electron chi connectivity index (χ1n) is 4.59. The van der Waals surface area contributed by atoms with Crippen molar-refractivity contribution in [1.29, 1.82) is 0 Å². The van der Waals surface area contributed by atoms with Gasteiger partial charge in [0.1, 0.15) is 11.5 Å². The molecule has 0 unspecified atom stereocenters. The van der Waals surface area contributed by atoms with E-state index in [1.165, 1.54) is 0 Å². The Kier molecular flexibility index (Phi) is 2.05. The molecule has 1 aromatic rings. The Hall–Kier alpha value is -1.31. The van der Waals surface area contributed by atoms with Gasteiger partial charge in [-0.1, -0.05) is 12.1 Å². The molecular weight excluding hydrogens is 164 g/mol. The third kappa shape index (κ3) is 1.57. The van der Waals surface area contributed by atoms with E-state index in [1.807, 2.05) is 6.07 Å². The normalized spacial score (nSPS) is 16.5. The van der Waals surface area contributed by atoms with Crippen LogP contribution in [0.2, 0.25) is 0 Å². The summed E-state index contributed by atoms with van der Waals surface area (Å²) in [4.78, 5) is 11.3. The number of phenols is 1. The van der Waals surface area contributed by atoms with Crippen LogP contribution in [0, 0.1) is 0 Å². The molecule has 0 fully saturated rings. The Morgan fingerprint density at radius 2 is 2.08 bits per heavy atom. The topological polar surface area (TPSA) is 37.3 Å². The SMILES string of the molecule is O=C1CCCc2c(O)cccc2C1. The highest BCUT2D eigenvalue weighted by Gasteiger charge is 2.15. The van der Waals surface area contributed by atoms with Crippen LogP contribution in [0.15, 0.2) is 18.2 Å². The lowest BCUT2D eigenvalue weighted by atomic mass is 10.0. The molecule has 1 aliphatic rings. The number of rotatable bonds is 0. The summed E-state index contributed by atoms with van der Waals surface area (Å²) in [5.41, 5.74) is 1.97. The largest absolute Gasteiger partial charge is 0.508 e. The molecule has 0 saturated heterocycles. The number of benzene rings is 1. The average Bonchev–Trinajstić information content (AvgIpc) is 2.27. The van der Waals surface area contributed by atoms with Crippen LogP contribution in [0.3, 0.4) is 0 Å². The molecule has 1 aliphatic carbocycles. The number of phenolic OH excluding ortho intramolecular Hbond substituents is 1. The van der Waals surface area contributed by atoms with E-state index in [2.05, 4.69) is 0 Å². The minimum atomic E-state index is 0.282. The molecule has 0 aliphatic heterocycles. The first-order chi connectivity index (χ1) is 6.27. The van der Waals surface area contributed by atoms with E-state index < -0.39 is 0 Å². The van der Waals surface area contributed by atoms with Crippen molar-refractivity contribution in [3.05, 3.63) is 29.3 Å². The van der Waals surface area contributed by atoms with Gasteiger partial charge < -0.3 is 5.11 Å². The van der Waals surface area contributed by atoms with Crippen LogP contribution >= 0.6 is 0 Å². The van der Waals surface area contributed by atoms with Gasteiger partial charge in [0.05, 0.1) is 0 Å². The van der Waals surface area contributed by atoms with Crippen LogP contribution in [0.1, 0.15) is 24.0 Å². The molecule has 2 rings (SSSR count). The minimum Gasteiger partial charge on any atom is -0.508 e. The Balaban J connectivity index is 2.45. The first-order valence-corrected chi connectivity index (χ1v) is 4.59. The lowest BCUT2D eigenvalue weighted by Gasteiger charge is -2.05. The third-order valence-corrected chi connectivity index (χ3v) is 2.52. The van der Waals surface area contributed by atoms with Gasteiger partial charge in [-0.05, 0) is 30.0 Å². The number of hydrogen-bond donors (Lipinski definition) is 1. The number of carbonyl (C=O) groups is 1. The van der Waals surface area contributed by atoms with Crippen LogP contribution in [0.25, 0.3) is 0 Å². The van der Waals surface area contributed by atoms with Crippen molar-refractivity contribution in [3.8, 4) is 5.75 Å². The highest BCUT2D eigenvalue weighted by molar-refractivity contribution is 5.82. The molecule has 68 valence electrons. The van der Waals surface area contributed by atoms with E-state index in [1.54, 1.807) is 12.1 Å². The van der Waals surface area contributed by atoms with Crippen molar-refractivity contribution in [1.82, 2.24) is 0 Å². The average molecular weight is 176 g/mol. The lowest BCUT2D eigenvalue weighted by Crippen LogP contribution is -1.99. The molecular formula is C11H12O2. The van der Waals surface area contributed by atoms with Crippen molar-refractivity contribution in [2.45, 2.75) is 25.7 Å². The zero-order chi connectivity index (χ0) is 9.26. The fourth-order valence-corrected chi connectivity index (χ4v) is 1.84. The van der Waals surface area contributed by atoms with Crippen molar-refractivity contribution >= 4 is 5.78 Å². The van der Waals surface area contributed by atoms with E-state index in [0.29, 0.717) is 18.6 Å². The van der Waals surface area contributed by atoms with Crippen LogP contribution < -0.4 is 0 Å². The third-order valence-electron chi connectivity index (χ3n) is 2.52. The number of ketones is 1. The summed E-state index contributed by atoms with van der Waals surface area (Å²) in [5.74, 6) is 0.622. The van der Waals surface area contributed by atoms with E-state index in [0.717, 1.165) is 24.0 Å².